The van der Waals surface area contributed by atoms with Crippen LogP contribution in [-0.4, -0.2) is 21.2 Å². The zero-order valence-corrected chi connectivity index (χ0v) is 16.5. The minimum Gasteiger partial charge on any atom is -0.345 e. The molecule has 26 heavy (non-hydrogen) atoms. The Kier molecular flexibility index (Phi) is 5.51. The summed E-state index contributed by atoms with van der Waals surface area (Å²) in [6, 6.07) is 8.17. The van der Waals surface area contributed by atoms with Gasteiger partial charge in [-0.1, -0.05) is 63.7 Å². The lowest BCUT2D eigenvalue weighted by Crippen LogP contribution is -2.37. The number of amides is 1. The van der Waals surface area contributed by atoms with Crippen LogP contribution in [0.25, 0.3) is 0 Å². The number of fused-ring (bicyclic) bond motifs is 1. The van der Waals surface area contributed by atoms with Gasteiger partial charge in [0.15, 0.2) is 5.16 Å². The standard InChI is InChI=1S/C20H25N3O2S/c1-12(2)14-5-7-15(8-6-14)17(13(3)4)22-18(24)16-11-21-20-23(19(16)25)9-10-26-20/h5-8,11-13,17H,9-10H2,1-4H3,(H,22,24). The van der Waals surface area contributed by atoms with Crippen molar-refractivity contribution in [3.8, 4) is 0 Å². The summed E-state index contributed by atoms with van der Waals surface area (Å²) < 4.78 is 1.58. The monoisotopic (exact) mass is 371 g/mol. The average Bonchev–Trinajstić information content (AvgIpc) is 3.09. The second-order valence-electron chi connectivity index (χ2n) is 7.28. The molecule has 1 unspecified atom stereocenters. The first kappa shape index (κ1) is 18.7. The Balaban J connectivity index is 1.84. The second kappa shape index (κ2) is 7.66. The van der Waals surface area contributed by atoms with E-state index < -0.39 is 0 Å². The second-order valence-corrected chi connectivity index (χ2v) is 8.34. The molecule has 1 N–H and O–H groups in total. The molecule has 2 aromatic rings. The van der Waals surface area contributed by atoms with E-state index in [0.717, 1.165) is 11.3 Å². The molecule has 0 fully saturated rings. The highest BCUT2D eigenvalue weighted by atomic mass is 32.2. The molecule has 1 aromatic carbocycles. The van der Waals surface area contributed by atoms with Gasteiger partial charge in [0.2, 0.25) is 0 Å². The number of hydrogen-bond donors (Lipinski definition) is 1. The van der Waals surface area contributed by atoms with Crippen LogP contribution in [0.2, 0.25) is 0 Å². The van der Waals surface area contributed by atoms with Gasteiger partial charge in [-0.3, -0.25) is 14.2 Å². The number of carbonyl (C=O) groups excluding carboxylic acids is 1. The molecule has 0 aliphatic carbocycles. The van der Waals surface area contributed by atoms with Crippen LogP contribution in [0.1, 0.15) is 61.1 Å². The fourth-order valence-corrected chi connectivity index (χ4v) is 4.03. The Labute approximate surface area is 158 Å². The largest absolute Gasteiger partial charge is 0.345 e. The van der Waals surface area contributed by atoms with E-state index in [2.05, 4.69) is 62.3 Å². The molecule has 1 aromatic heterocycles. The van der Waals surface area contributed by atoms with Crippen molar-refractivity contribution in [2.75, 3.05) is 5.75 Å². The van der Waals surface area contributed by atoms with Crippen molar-refractivity contribution in [1.82, 2.24) is 14.9 Å². The lowest BCUT2D eigenvalue weighted by molar-refractivity contribution is 0.0922. The van der Waals surface area contributed by atoms with Crippen LogP contribution in [0.5, 0.6) is 0 Å². The lowest BCUT2D eigenvalue weighted by Gasteiger charge is -2.23. The van der Waals surface area contributed by atoms with E-state index >= 15 is 0 Å². The normalized spacial score (nSPS) is 14.5. The summed E-state index contributed by atoms with van der Waals surface area (Å²) in [4.78, 5) is 29.6. The molecule has 1 aliphatic heterocycles. The molecule has 2 heterocycles. The number of hydrogen-bond acceptors (Lipinski definition) is 4. The number of benzene rings is 1. The molecule has 0 radical (unpaired) electrons. The first-order chi connectivity index (χ1) is 12.4. The van der Waals surface area contributed by atoms with Gasteiger partial charge in [0.05, 0.1) is 6.04 Å². The minimum absolute atomic E-state index is 0.112. The van der Waals surface area contributed by atoms with Crippen LogP contribution in [0.15, 0.2) is 40.4 Å². The Morgan fingerprint density at radius 2 is 1.81 bits per heavy atom. The molecule has 6 heteroatoms. The molecule has 1 atom stereocenters. The van der Waals surface area contributed by atoms with E-state index in [0.29, 0.717) is 17.6 Å². The van der Waals surface area contributed by atoms with Crippen LogP contribution < -0.4 is 10.9 Å². The predicted octanol–water partition coefficient (Wildman–Crippen LogP) is 3.60. The molecule has 0 saturated carbocycles. The highest BCUT2D eigenvalue weighted by molar-refractivity contribution is 7.99. The molecule has 1 amide bonds. The topological polar surface area (TPSA) is 64.0 Å². The predicted molar refractivity (Wildman–Crippen MR) is 105 cm³/mol. The summed E-state index contributed by atoms with van der Waals surface area (Å²) in [5.41, 5.74) is 2.17. The molecule has 138 valence electrons. The molecule has 0 saturated heterocycles. The van der Waals surface area contributed by atoms with Crippen molar-refractivity contribution in [1.29, 1.82) is 0 Å². The molecule has 0 spiro atoms. The maximum absolute atomic E-state index is 12.8. The third-order valence-electron chi connectivity index (χ3n) is 4.72. The quantitative estimate of drug-likeness (QED) is 0.816. The number of carbonyl (C=O) groups is 1. The van der Waals surface area contributed by atoms with Gasteiger partial charge in [-0.2, -0.15) is 0 Å². The fourth-order valence-electron chi connectivity index (χ4n) is 3.12. The minimum atomic E-state index is -0.360. The van der Waals surface area contributed by atoms with E-state index in [-0.39, 0.29) is 29.0 Å². The number of nitrogens with zero attached hydrogens (tertiary/aromatic N) is 2. The number of nitrogens with one attached hydrogen (secondary N) is 1. The van der Waals surface area contributed by atoms with Gasteiger partial charge in [-0.05, 0) is 23.0 Å². The highest BCUT2D eigenvalue weighted by Crippen LogP contribution is 2.25. The first-order valence-corrected chi connectivity index (χ1v) is 10.0. The van der Waals surface area contributed by atoms with Crippen LogP contribution in [0.3, 0.4) is 0 Å². The summed E-state index contributed by atoms with van der Waals surface area (Å²) in [5.74, 6) is 1.13. The highest BCUT2D eigenvalue weighted by Gasteiger charge is 2.24. The van der Waals surface area contributed by atoms with Crippen LogP contribution in [0.4, 0.5) is 0 Å². The first-order valence-electron chi connectivity index (χ1n) is 9.02. The third kappa shape index (κ3) is 3.70. The maximum atomic E-state index is 12.8. The van der Waals surface area contributed by atoms with E-state index in [9.17, 15) is 9.59 Å². The molecule has 0 bridgehead atoms. The van der Waals surface area contributed by atoms with Gasteiger partial charge >= 0.3 is 0 Å². The SMILES string of the molecule is CC(C)c1ccc(C(NC(=O)c2cnc3n(c2=O)CCS3)C(C)C)cc1. The lowest BCUT2D eigenvalue weighted by atomic mass is 9.93. The van der Waals surface area contributed by atoms with Gasteiger partial charge in [0.25, 0.3) is 11.5 Å². The Morgan fingerprint density at radius 3 is 2.42 bits per heavy atom. The zero-order chi connectivity index (χ0) is 18.8. The zero-order valence-electron chi connectivity index (χ0n) is 15.7. The van der Waals surface area contributed by atoms with Crippen molar-refractivity contribution in [3.63, 3.8) is 0 Å². The molecule has 1 aliphatic rings. The smallest absolute Gasteiger partial charge is 0.267 e. The number of aromatic nitrogens is 2. The maximum Gasteiger partial charge on any atom is 0.267 e. The van der Waals surface area contributed by atoms with E-state index in [1.54, 1.807) is 16.3 Å². The van der Waals surface area contributed by atoms with E-state index in [1.165, 1.54) is 11.8 Å². The van der Waals surface area contributed by atoms with E-state index in [1.807, 2.05) is 0 Å². The van der Waals surface area contributed by atoms with Gasteiger partial charge in [-0.15, -0.1) is 0 Å². The Morgan fingerprint density at radius 1 is 1.15 bits per heavy atom. The summed E-state index contributed by atoms with van der Waals surface area (Å²) in [7, 11) is 0. The van der Waals surface area contributed by atoms with Gasteiger partial charge < -0.3 is 5.32 Å². The molecule has 5 nitrogen and oxygen atoms in total. The van der Waals surface area contributed by atoms with Gasteiger partial charge in [0, 0.05) is 18.5 Å². The van der Waals surface area contributed by atoms with Gasteiger partial charge in [-0.25, -0.2) is 4.98 Å². The van der Waals surface area contributed by atoms with Gasteiger partial charge in [0.1, 0.15) is 5.56 Å². The van der Waals surface area contributed by atoms with Crippen LogP contribution in [-0.2, 0) is 6.54 Å². The molecular weight excluding hydrogens is 346 g/mol. The molecule has 3 rings (SSSR count). The molecular formula is C20H25N3O2S. The number of rotatable bonds is 5. The fraction of sp³-hybridized carbons (Fsp3) is 0.450. The number of thioether (sulfide) groups is 1. The third-order valence-corrected chi connectivity index (χ3v) is 5.69. The Hall–Kier alpha value is -2.08. The van der Waals surface area contributed by atoms with Crippen LogP contribution in [0, 0.1) is 5.92 Å². The van der Waals surface area contributed by atoms with Crippen molar-refractivity contribution < 1.29 is 4.79 Å². The van der Waals surface area contributed by atoms with Crippen molar-refractivity contribution >= 4 is 17.7 Å². The van der Waals surface area contributed by atoms with E-state index in [4.69, 9.17) is 0 Å². The summed E-state index contributed by atoms with van der Waals surface area (Å²) in [6.07, 6.45) is 1.40. The Bertz CT molecular complexity index is 856. The van der Waals surface area contributed by atoms with Crippen molar-refractivity contribution in [2.45, 2.75) is 51.4 Å². The van der Waals surface area contributed by atoms with Crippen molar-refractivity contribution in [3.05, 3.63) is 57.5 Å². The van der Waals surface area contributed by atoms with Crippen LogP contribution >= 0.6 is 11.8 Å². The summed E-state index contributed by atoms with van der Waals surface area (Å²) >= 11 is 1.54. The summed E-state index contributed by atoms with van der Waals surface area (Å²) in [6.45, 7) is 9.04. The summed E-state index contributed by atoms with van der Waals surface area (Å²) in [5, 5.41) is 3.72. The van der Waals surface area contributed by atoms with Crippen molar-refractivity contribution in [2.24, 2.45) is 5.92 Å². The average molecular weight is 372 g/mol.